The Labute approximate surface area is 158 Å². The van der Waals surface area contributed by atoms with Crippen LogP contribution in [0, 0.1) is 19.7 Å². The second kappa shape index (κ2) is 7.23. The van der Waals surface area contributed by atoms with Crippen molar-refractivity contribution in [1.82, 2.24) is 15.0 Å². The number of benzene rings is 1. The molecule has 1 aromatic carbocycles. The summed E-state index contributed by atoms with van der Waals surface area (Å²) in [4.78, 5) is 23.0. The van der Waals surface area contributed by atoms with Crippen molar-refractivity contribution < 1.29 is 18.3 Å². The van der Waals surface area contributed by atoms with Gasteiger partial charge >= 0.3 is 0 Å². The lowest BCUT2D eigenvalue weighted by Crippen LogP contribution is -2.22. The van der Waals surface area contributed by atoms with Crippen molar-refractivity contribution in [3.63, 3.8) is 0 Å². The summed E-state index contributed by atoms with van der Waals surface area (Å²) >= 11 is 0. The normalized spacial score (nSPS) is 13.0. The fourth-order valence-corrected chi connectivity index (χ4v) is 2.95. The van der Waals surface area contributed by atoms with Gasteiger partial charge in [-0.05, 0) is 32.9 Å². The predicted octanol–water partition coefficient (Wildman–Crippen LogP) is 3.33. The molecule has 148 valence electrons. The van der Waals surface area contributed by atoms with Gasteiger partial charge in [-0.3, -0.25) is 4.79 Å². The molecule has 0 aliphatic rings. The number of aliphatic hydroxyl groups is 1. The van der Waals surface area contributed by atoms with Crippen LogP contribution in [0.2, 0.25) is 0 Å². The van der Waals surface area contributed by atoms with Crippen LogP contribution in [0.5, 0.6) is 0 Å². The number of aryl methyl sites for hydroxylation is 2. The Morgan fingerprint density at radius 2 is 2.00 bits per heavy atom. The Morgan fingerprint density at radius 3 is 2.68 bits per heavy atom. The molecular formula is C19H19F3N4O2. The first kappa shape index (κ1) is 19.8. The van der Waals surface area contributed by atoms with Gasteiger partial charge in [0.15, 0.2) is 0 Å². The number of halogens is 3. The van der Waals surface area contributed by atoms with Crippen molar-refractivity contribution in [2.45, 2.75) is 32.7 Å². The van der Waals surface area contributed by atoms with Gasteiger partial charge in [0.1, 0.15) is 29.7 Å². The largest absolute Gasteiger partial charge is 0.390 e. The summed E-state index contributed by atoms with van der Waals surface area (Å²) in [5.74, 6) is -4.06. The summed E-state index contributed by atoms with van der Waals surface area (Å²) in [5.41, 5.74) is -0.388. The number of nitrogens with zero attached hydrogens (tertiary/aromatic N) is 2. The summed E-state index contributed by atoms with van der Waals surface area (Å²) in [6, 6.07) is 4.52. The van der Waals surface area contributed by atoms with E-state index in [0.29, 0.717) is 28.2 Å². The van der Waals surface area contributed by atoms with Crippen molar-refractivity contribution >= 4 is 16.9 Å². The van der Waals surface area contributed by atoms with E-state index in [1.165, 1.54) is 12.1 Å². The van der Waals surface area contributed by atoms with E-state index in [2.05, 4.69) is 20.3 Å². The average molecular weight is 392 g/mol. The first-order chi connectivity index (χ1) is 13.1. The molecule has 0 fully saturated rings. The molecule has 28 heavy (non-hydrogen) atoms. The number of rotatable bonds is 5. The highest BCUT2D eigenvalue weighted by atomic mass is 19.3. The standard InChI is InChI=1S/C19H19F3N4O2/c1-9-7-13-16(24-11(3)25-17(13)26-18(9)28)23-10(2)12-5-4-6-14(15(12)20)19(21,22)8-27/h4-7,10,27H,8H2,1-3H3,(H2,23,24,25,26,28)/t10-/m1/s1. The zero-order valence-electron chi connectivity index (χ0n) is 15.5. The van der Waals surface area contributed by atoms with Gasteiger partial charge < -0.3 is 15.4 Å². The molecule has 0 saturated heterocycles. The smallest absolute Gasteiger partial charge is 0.298 e. The quantitative estimate of drug-likeness (QED) is 0.620. The van der Waals surface area contributed by atoms with Crippen molar-refractivity contribution in [3.05, 3.63) is 63.0 Å². The highest BCUT2D eigenvalue weighted by Gasteiger charge is 2.35. The number of aromatic amines is 1. The number of pyridine rings is 1. The van der Waals surface area contributed by atoms with Crippen LogP contribution < -0.4 is 10.9 Å². The molecule has 0 radical (unpaired) electrons. The van der Waals surface area contributed by atoms with Crippen molar-refractivity contribution in [1.29, 1.82) is 0 Å². The molecular weight excluding hydrogens is 373 g/mol. The topological polar surface area (TPSA) is 90.9 Å². The summed E-state index contributed by atoms with van der Waals surface area (Å²) in [6.07, 6.45) is 0. The van der Waals surface area contributed by atoms with Gasteiger partial charge in [-0.15, -0.1) is 0 Å². The molecule has 0 unspecified atom stereocenters. The summed E-state index contributed by atoms with van der Waals surface area (Å²) in [6.45, 7) is 3.38. The average Bonchev–Trinajstić information content (AvgIpc) is 2.63. The van der Waals surface area contributed by atoms with E-state index in [-0.39, 0.29) is 11.1 Å². The molecule has 9 heteroatoms. The molecule has 3 aromatic rings. The van der Waals surface area contributed by atoms with E-state index in [0.717, 1.165) is 6.07 Å². The van der Waals surface area contributed by atoms with E-state index in [1.54, 1.807) is 26.8 Å². The van der Waals surface area contributed by atoms with Crippen LogP contribution in [-0.2, 0) is 5.92 Å². The minimum Gasteiger partial charge on any atom is -0.390 e. The van der Waals surface area contributed by atoms with Crippen LogP contribution in [0.1, 0.15) is 35.5 Å². The third-order valence-electron chi connectivity index (χ3n) is 4.45. The number of fused-ring (bicyclic) bond motifs is 1. The highest BCUT2D eigenvalue weighted by Crippen LogP contribution is 2.33. The lowest BCUT2D eigenvalue weighted by Gasteiger charge is -2.21. The molecule has 6 nitrogen and oxygen atoms in total. The first-order valence-electron chi connectivity index (χ1n) is 8.56. The maximum Gasteiger partial charge on any atom is 0.298 e. The highest BCUT2D eigenvalue weighted by molar-refractivity contribution is 5.87. The molecule has 0 aliphatic carbocycles. The van der Waals surface area contributed by atoms with Crippen molar-refractivity contribution in [3.8, 4) is 0 Å². The minimum absolute atomic E-state index is 0.00353. The van der Waals surface area contributed by atoms with E-state index in [1.807, 2.05) is 0 Å². The number of nitrogens with one attached hydrogen (secondary N) is 2. The van der Waals surface area contributed by atoms with Gasteiger partial charge in [0.05, 0.1) is 17.0 Å². The molecule has 0 bridgehead atoms. The molecule has 2 aromatic heterocycles. The number of aromatic nitrogens is 3. The maximum atomic E-state index is 14.7. The molecule has 1 atom stereocenters. The van der Waals surface area contributed by atoms with E-state index in [9.17, 15) is 18.0 Å². The maximum absolute atomic E-state index is 14.7. The molecule has 3 rings (SSSR count). The molecule has 2 heterocycles. The lowest BCUT2D eigenvalue weighted by molar-refractivity contribution is -0.0583. The SMILES string of the molecule is Cc1nc(N[C@H](C)c2cccc(C(F)(F)CO)c2F)c2cc(C)c(=O)[nH]c2n1. The van der Waals surface area contributed by atoms with Crippen LogP contribution in [-0.4, -0.2) is 26.7 Å². The molecule has 0 spiro atoms. The van der Waals surface area contributed by atoms with Crippen molar-refractivity contribution in [2.24, 2.45) is 0 Å². The third-order valence-corrected chi connectivity index (χ3v) is 4.45. The number of alkyl halides is 2. The molecule has 3 N–H and O–H groups in total. The summed E-state index contributed by atoms with van der Waals surface area (Å²) < 4.78 is 42.3. The van der Waals surface area contributed by atoms with Gasteiger partial charge in [0.2, 0.25) is 0 Å². The predicted molar refractivity (Wildman–Crippen MR) is 99.1 cm³/mol. The lowest BCUT2D eigenvalue weighted by atomic mass is 10.00. The van der Waals surface area contributed by atoms with Gasteiger partial charge in [-0.25, -0.2) is 14.4 Å². The van der Waals surface area contributed by atoms with Crippen LogP contribution in [0.4, 0.5) is 19.0 Å². The number of H-pyrrole nitrogens is 1. The number of anilines is 1. The van der Waals surface area contributed by atoms with Gasteiger partial charge in [0.25, 0.3) is 11.5 Å². The monoisotopic (exact) mass is 392 g/mol. The van der Waals surface area contributed by atoms with Crippen LogP contribution in [0.15, 0.2) is 29.1 Å². The molecule has 0 aliphatic heterocycles. The second-order valence-corrected chi connectivity index (χ2v) is 6.60. The number of aliphatic hydroxyl groups excluding tert-OH is 1. The zero-order chi connectivity index (χ0) is 20.6. The number of hydrogen-bond acceptors (Lipinski definition) is 5. The van der Waals surface area contributed by atoms with Gasteiger partial charge in [-0.2, -0.15) is 8.78 Å². The Bertz CT molecular complexity index is 1100. The second-order valence-electron chi connectivity index (χ2n) is 6.60. The van der Waals surface area contributed by atoms with Crippen LogP contribution in [0.25, 0.3) is 11.0 Å². The first-order valence-corrected chi connectivity index (χ1v) is 8.56. The third kappa shape index (κ3) is 3.57. The van der Waals surface area contributed by atoms with Crippen LogP contribution in [0.3, 0.4) is 0 Å². The Balaban J connectivity index is 2.05. The number of hydrogen-bond donors (Lipinski definition) is 3. The zero-order valence-corrected chi connectivity index (χ0v) is 15.5. The summed E-state index contributed by atoms with van der Waals surface area (Å²) in [7, 11) is 0. The van der Waals surface area contributed by atoms with Gasteiger partial charge in [0, 0.05) is 11.1 Å². The van der Waals surface area contributed by atoms with Gasteiger partial charge in [-0.1, -0.05) is 12.1 Å². The summed E-state index contributed by atoms with van der Waals surface area (Å²) in [5, 5.41) is 12.4. The Hall–Kier alpha value is -2.94. The van der Waals surface area contributed by atoms with Crippen LogP contribution >= 0.6 is 0 Å². The Kier molecular flexibility index (Phi) is 5.12. The van der Waals surface area contributed by atoms with E-state index in [4.69, 9.17) is 5.11 Å². The fourth-order valence-electron chi connectivity index (χ4n) is 2.95. The molecule has 0 saturated carbocycles. The minimum atomic E-state index is -3.69. The van der Waals surface area contributed by atoms with Crippen molar-refractivity contribution in [2.75, 3.05) is 11.9 Å². The van der Waals surface area contributed by atoms with E-state index < -0.39 is 30.0 Å². The van der Waals surface area contributed by atoms with E-state index >= 15 is 0 Å². The fraction of sp³-hybridized carbons (Fsp3) is 0.316. The molecule has 0 amide bonds. The Morgan fingerprint density at radius 1 is 1.29 bits per heavy atom.